The Balaban J connectivity index is 2.14. The average Bonchev–Trinajstić information content (AvgIpc) is 2.30. The molecule has 96 valence electrons. The Morgan fingerprint density at radius 1 is 1.06 bits per heavy atom. The van der Waals surface area contributed by atoms with Crippen molar-refractivity contribution in [3.8, 4) is 5.75 Å². The first kappa shape index (κ1) is 14.0. The summed E-state index contributed by atoms with van der Waals surface area (Å²) in [7, 11) is 0. The summed E-state index contributed by atoms with van der Waals surface area (Å²) in [6.07, 6.45) is 7.54. The van der Waals surface area contributed by atoms with Crippen molar-refractivity contribution in [2.45, 2.75) is 52.4 Å². The fourth-order valence-corrected chi connectivity index (χ4v) is 1.84. The molecule has 0 spiro atoms. The fraction of sp³-hybridized carbons (Fsp3) is 0.600. The van der Waals surface area contributed by atoms with Crippen LogP contribution in [-0.4, -0.2) is 6.61 Å². The summed E-state index contributed by atoms with van der Waals surface area (Å²) in [6, 6.07) is 4.67. The summed E-state index contributed by atoms with van der Waals surface area (Å²) < 4.78 is 18.5. The molecular weight excluding hydrogens is 215 g/mol. The highest BCUT2D eigenvalue weighted by Crippen LogP contribution is 2.18. The molecule has 0 bridgehead atoms. The van der Waals surface area contributed by atoms with Crippen LogP contribution in [-0.2, 0) is 0 Å². The van der Waals surface area contributed by atoms with Crippen molar-refractivity contribution < 1.29 is 9.13 Å². The van der Waals surface area contributed by atoms with E-state index in [1.54, 1.807) is 6.07 Å². The molecule has 0 fully saturated rings. The predicted molar refractivity (Wildman–Crippen MR) is 70.0 cm³/mol. The van der Waals surface area contributed by atoms with Crippen LogP contribution in [0.3, 0.4) is 0 Å². The van der Waals surface area contributed by atoms with Crippen LogP contribution in [0.5, 0.6) is 5.75 Å². The molecule has 1 aromatic carbocycles. The molecule has 0 aromatic heterocycles. The maximum atomic E-state index is 12.9. The van der Waals surface area contributed by atoms with Gasteiger partial charge in [-0.2, -0.15) is 0 Å². The Morgan fingerprint density at radius 2 is 1.76 bits per heavy atom. The highest BCUT2D eigenvalue weighted by molar-refractivity contribution is 5.32. The van der Waals surface area contributed by atoms with Crippen molar-refractivity contribution in [2.75, 3.05) is 6.61 Å². The highest BCUT2D eigenvalue weighted by Gasteiger charge is 2.00. The molecule has 0 saturated carbocycles. The summed E-state index contributed by atoms with van der Waals surface area (Å²) in [4.78, 5) is 0. The van der Waals surface area contributed by atoms with Gasteiger partial charge in [0.1, 0.15) is 11.6 Å². The molecule has 0 atom stereocenters. The maximum absolute atomic E-state index is 12.9. The third-order valence-corrected chi connectivity index (χ3v) is 2.89. The van der Waals surface area contributed by atoms with Crippen LogP contribution in [0.25, 0.3) is 0 Å². The van der Waals surface area contributed by atoms with E-state index in [0.29, 0.717) is 0 Å². The van der Waals surface area contributed by atoms with Crippen molar-refractivity contribution in [3.63, 3.8) is 0 Å². The molecule has 1 aromatic rings. The quantitative estimate of drug-likeness (QED) is 0.587. The molecule has 0 aliphatic rings. The van der Waals surface area contributed by atoms with Gasteiger partial charge in [0.05, 0.1) is 6.61 Å². The van der Waals surface area contributed by atoms with E-state index in [2.05, 4.69) is 6.92 Å². The van der Waals surface area contributed by atoms with Gasteiger partial charge < -0.3 is 4.74 Å². The predicted octanol–water partition coefficient (Wildman–Crippen LogP) is 4.87. The summed E-state index contributed by atoms with van der Waals surface area (Å²) >= 11 is 0. The molecule has 1 nitrogen and oxygen atoms in total. The lowest BCUT2D eigenvalue weighted by atomic mass is 10.1. The molecule has 0 amide bonds. The number of hydrogen-bond acceptors (Lipinski definition) is 1. The smallest absolute Gasteiger partial charge is 0.123 e. The van der Waals surface area contributed by atoms with E-state index in [4.69, 9.17) is 4.74 Å². The molecule has 17 heavy (non-hydrogen) atoms. The van der Waals surface area contributed by atoms with Gasteiger partial charge in [-0.05, 0) is 37.1 Å². The van der Waals surface area contributed by atoms with E-state index in [1.165, 1.54) is 44.2 Å². The summed E-state index contributed by atoms with van der Waals surface area (Å²) in [5.74, 6) is 0.606. The first-order chi connectivity index (χ1) is 8.24. The van der Waals surface area contributed by atoms with Crippen LogP contribution < -0.4 is 4.74 Å². The van der Waals surface area contributed by atoms with Gasteiger partial charge in [-0.1, -0.05) is 39.0 Å². The molecule has 1 rings (SSSR count). The molecule has 2 heteroatoms. The Labute approximate surface area is 104 Å². The second kappa shape index (κ2) is 8.10. The van der Waals surface area contributed by atoms with E-state index in [9.17, 15) is 4.39 Å². The minimum absolute atomic E-state index is 0.200. The normalized spacial score (nSPS) is 10.5. The lowest BCUT2D eigenvalue weighted by Gasteiger charge is -2.08. The van der Waals surface area contributed by atoms with E-state index >= 15 is 0 Å². The SMILES string of the molecule is CCCCCCCCOc1ccc(F)cc1C. The molecule has 0 N–H and O–H groups in total. The zero-order valence-corrected chi connectivity index (χ0v) is 11.0. The zero-order valence-electron chi connectivity index (χ0n) is 11.0. The van der Waals surface area contributed by atoms with Gasteiger partial charge in [-0.15, -0.1) is 0 Å². The van der Waals surface area contributed by atoms with Gasteiger partial charge in [-0.25, -0.2) is 4.39 Å². The van der Waals surface area contributed by atoms with Gasteiger partial charge in [0.2, 0.25) is 0 Å². The Hall–Kier alpha value is -1.05. The average molecular weight is 238 g/mol. The minimum atomic E-state index is -0.200. The van der Waals surface area contributed by atoms with Crippen LogP contribution in [0.4, 0.5) is 4.39 Å². The Kier molecular flexibility index (Phi) is 6.68. The number of unbranched alkanes of at least 4 members (excludes halogenated alkanes) is 5. The standard InChI is InChI=1S/C15H23FO/c1-3-4-5-6-7-8-11-17-15-10-9-14(16)12-13(15)2/h9-10,12H,3-8,11H2,1-2H3. The van der Waals surface area contributed by atoms with Crippen LogP contribution in [0.15, 0.2) is 18.2 Å². The van der Waals surface area contributed by atoms with Crippen LogP contribution >= 0.6 is 0 Å². The lowest BCUT2D eigenvalue weighted by molar-refractivity contribution is 0.302. The number of hydrogen-bond donors (Lipinski definition) is 0. The monoisotopic (exact) mass is 238 g/mol. The van der Waals surface area contributed by atoms with Crippen LogP contribution in [0.2, 0.25) is 0 Å². The van der Waals surface area contributed by atoms with Crippen molar-refractivity contribution in [1.82, 2.24) is 0 Å². The molecule has 0 aliphatic carbocycles. The molecule has 0 unspecified atom stereocenters. The van der Waals surface area contributed by atoms with E-state index < -0.39 is 0 Å². The van der Waals surface area contributed by atoms with Crippen LogP contribution in [0.1, 0.15) is 51.0 Å². The number of rotatable bonds is 8. The second-order valence-electron chi connectivity index (χ2n) is 4.53. The third-order valence-electron chi connectivity index (χ3n) is 2.89. The first-order valence-electron chi connectivity index (χ1n) is 6.63. The second-order valence-corrected chi connectivity index (χ2v) is 4.53. The highest BCUT2D eigenvalue weighted by atomic mass is 19.1. The van der Waals surface area contributed by atoms with Gasteiger partial charge in [-0.3, -0.25) is 0 Å². The largest absolute Gasteiger partial charge is 0.493 e. The van der Waals surface area contributed by atoms with E-state index in [-0.39, 0.29) is 5.82 Å². The number of benzene rings is 1. The lowest BCUT2D eigenvalue weighted by Crippen LogP contribution is -1.99. The third kappa shape index (κ3) is 5.71. The summed E-state index contributed by atoms with van der Waals surface area (Å²) in [5, 5.41) is 0. The maximum Gasteiger partial charge on any atom is 0.123 e. The van der Waals surface area contributed by atoms with Crippen molar-refractivity contribution in [1.29, 1.82) is 0 Å². The van der Waals surface area contributed by atoms with Gasteiger partial charge >= 0.3 is 0 Å². The van der Waals surface area contributed by atoms with E-state index in [1.807, 2.05) is 6.92 Å². The molecule has 0 saturated heterocycles. The molecule has 0 heterocycles. The van der Waals surface area contributed by atoms with Crippen molar-refractivity contribution in [3.05, 3.63) is 29.6 Å². The van der Waals surface area contributed by atoms with Gasteiger partial charge in [0.25, 0.3) is 0 Å². The van der Waals surface area contributed by atoms with Crippen LogP contribution in [0, 0.1) is 12.7 Å². The number of aryl methyl sites for hydroxylation is 1. The topological polar surface area (TPSA) is 9.23 Å². The minimum Gasteiger partial charge on any atom is -0.493 e. The zero-order chi connectivity index (χ0) is 12.5. The number of halogens is 1. The first-order valence-corrected chi connectivity index (χ1v) is 6.63. The molecular formula is C15H23FO. The van der Waals surface area contributed by atoms with Gasteiger partial charge in [0.15, 0.2) is 0 Å². The number of ether oxygens (including phenoxy) is 1. The van der Waals surface area contributed by atoms with Gasteiger partial charge in [0, 0.05) is 0 Å². The van der Waals surface area contributed by atoms with E-state index in [0.717, 1.165) is 24.3 Å². The molecule has 0 radical (unpaired) electrons. The Bertz CT molecular complexity index is 323. The van der Waals surface area contributed by atoms with Crippen molar-refractivity contribution >= 4 is 0 Å². The summed E-state index contributed by atoms with van der Waals surface area (Å²) in [5.41, 5.74) is 0.871. The molecule has 0 aliphatic heterocycles. The summed E-state index contributed by atoms with van der Waals surface area (Å²) in [6.45, 7) is 4.83. The Morgan fingerprint density at radius 3 is 2.47 bits per heavy atom. The fourth-order valence-electron chi connectivity index (χ4n) is 1.84. The van der Waals surface area contributed by atoms with Crippen molar-refractivity contribution in [2.24, 2.45) is 0 Å².